The van der Waals surface area contributed by atoms with Crippen molar-refractivity contribution in [2.45, 2.75) is 25.8 Å². The number of nitrogens with one attached hydrogen (secondary N) is 1. The molecule has 1 amide bonds. The summed E-state index contributed by atoms with van der Waals surface area (Å²) in [6, 6.07) is 1.68. The largest absolute Gasteiger partial charge is 0.355 e. The second-order valence-electron chi connectivity index (χ2n) is 6.67. The van der Waals surface area contributed by atoms with Crippen molar-refractivity contribution in [3.8, 4) is 11.3 Å². The summed E-state index contributed by atoms with van der Waals surface area (Å²) in [6.07, 6.45) is 8.66. The van der Waals surface area contributed by atoms with Crippen LogP contribution in [0.15, 0.2) is 35.4 Å². The van der Waals surface area contributed by atoms with Crippen molar-refractivity contribution < 1.29 is 9.32 Å². The van der Waals surface area contributed by atoms with Crippen LogP contribution in [0.1, 0.15) is 29.0 Å². The molecule has 0 bridgehead atoms. The molecule has 1 unspecified atom stereocenters. The number of rotatable bonds is 4. The van der Waals surface area contributed by atoms with Crippen LogP contribution in [0, 0.1) is 6.92 Å². The fraction of sp³-hybridized carbons (Fsp3) is 0.389. The zero-order chi connectivity index (χ0) is 18.8. The van der Waals surface area contributed by atoms with Crippen molar-refractivity contribution in [1.82, 2.24) is 30.2 Å². The van der Waals surface area contributed by atoms with Crippen molar-refractivity contribution in [2.75, 3.05) is 18.0 Å². The molecule has 1 saturated heterocycles. The average molecular weight is 367 g/mol. The molecule has 1 fully saturated rings. The van der Waals surface area contributed by atoms with Crippen molar-refractivity contribution in [3.63, 3.8) is 0 Å². The zero-order valence-corrected chi connectivity index (χ0v) is 15.3. The SMILES string of the molecule is Cc1c(-c2cc(C(=O)NC3CCCN(c4cnccn4)C3)no2)cnn1C. The van der Waals surface area contributed by atoms with E-state index < -0.39 is 0 Å². The molecule has 0 radical (unpaired) electrons. The van der Waals surface area contributed by atoms with E-state index in [1.165, 1.54) is 0 Å². The Morgan fingerprint density at radius 3 is 2.96 bits per heavy atom. The van der Waals surface area contributed by atoms with E-state index in [1.54, 1.807) is 35.5 Å². The Labute approximate surface area is 156 Å². The Kier molecular flexibility index (Phi) is 4.57. The number of hydrogen-bond donors (Lipinski definition) is 1. The summed E-state index contributed by atoms with van der Waals surface area (Å²) in [5, 5.41) is 11.2. The first-order chi connectivity index (χ1) is 13.1. The zero-order valence-electron chi connectivity index (χ0n) is 15.3. The Bertz CT molecular complexity index is 934. The number of carbonyl (C=O) groups is 1. The maximum atomic E-state index is 12.6. The molecule has 140 valence electrons. The first-order valence-electron chi connectivity index (χ1n) is 8.89. The van der Waals surface area contributed by atoms with Gasteiger partial charge >= 0.3 is 0 Å². The third-order valence-electron chi connectivity index (χ3n) is 4.87. The van der Waals surface area contributed by atoms with E-state index in [0.717, 1.165) is 36.5 Å². The lowest BCUT2D eigenvalue weighted by Gasteiger charge is -2.33. The van der Waals surface area contributed by atoms with Gasteiger partial charge in [0.1, 0.15) is 5.82 Å². The lowest BCUT2D eigenvalue weighted by molar-refractivity contribution is 0.0924. The number of aromatic nitrogens is 5. The Morgan fingerprint density at radius 2 is 2.22 bits per heavy atom. The Morgan fingerprint density at radius 1 is 1.33 bits per heavy atom. The molecule has 1 N–H and O–H groups in total. The van der Waals surface area contributed by atoms with E-state index in [1.807, 2.05) is 14.0 Å². The fourth-order valence-electron chi connectivity index (χ4n) is 3.27. The molecule has 0 aliphatic carbocycles. The van der Waals surface area contributed by atoms with E-state index in [0.29, 0.717) is 12.3 Å². The average Bonchev–Trinajstić information content (AvgIpc) is 3.30. The Hall–Kier alpha value is -3.23. The normalized spacial score (nSPS) is 17.1. The van der Waals surface area contributed by atoms with Gasteiger partial charge in [-0.15, -0.1) is 0 Å². The Balaban J connectivity index is 1.43. The predicted octanol–water partition coefficient (Wildman–Crippen LogP) is 1.57. The second kappa shape index (κ2) is 7.18. The quantitative estimate of drug-likeness (QED) is 0.747. The molecule has 0 spiro atoms. The van der Waals surface area contributed by atoms with Crippen LogP contribution in [0.2, 0.25) is 0 Å². The molecule has 27 heavy (non-hydrogen) atoms. The van der Waals surface area contributed by atoms with Gasteiger partial charge < -0.3 is 14.7 Å². The fourth-order valence-corrected chi connectivity index (χ4v) is 3.27. The molecule has 1 aliphatic rings. The lowest BCUT2D eigenvalue weighted by Crippen LogP contribution is -2.48. The lowest BCUT2D eigenvalue weighted by atomic mass is 10.1. The summed E-state index contributed by atoms with van der Waals surface area (Å²) < 4.78 is 7.10. The number of aryl methyl sites for hydroxylation is 1. The van der Waals surface area contributed by atoms with E-state index in [-0.39, 0.29) is 17.6 Å². The number of hydrogen-bond acceptors (Lipinski definition) is 7. The molecule has 9 heteroatoms. The van der Waals surface area contributed by atoms with Gasteiger partial charge in [-0.2, -0.15) is 5.10 Å². The molecular weight excluding hydrogens is 346 g/mol. The van der Waals surface area contributed by atoms with Gasteiger partial charge in [0.25, 0.3) is 5.91 Å². The standard InChI is InChI=1S/C18H21N7O2/c1-12-14(9-21-24(12)2)16-8-15(23-27-16)18(26)22-13-4-3-7-25(11-13)17-10-19-5-6-20-17/h5-6,8-10,13H,3-4,7,11H2,1-2H3,(H,22,26). The second-order valence-corrected chi connectivity index (χ2v) is 6.67. The van der Waals surface area contributed by atoms with Crippen molar-refractivity contribution >= 4 is 11.7 Å². The third kappa shape index (κ3) is 3.53. The van der Waals surface area contributed by atoms with Gasteiger partial charge in [0.2, 0.25) is 0 Å². The van der Waals surface area contributed by atoms with Gasteiger partial charge in [-0.3, -0.25) is 14.5 Å². The summed E-state index contributed by atoms with van der Waals surface area (Å²) in [5.41, 5.74) is 2.05. The highest BCUT2D eigenvalue weighted by atomic mass is 16.5. The highest BCUT2D eigenvalue weighted by Crippen LogP contribution is 2.23. The predicted molar refractivity (Wildman–Crippen MR) is 98.2 cm³/mol. The molecular formula is C18H21N7O2. The van der Waals surface area contributed by atoms with Gasteiger partial charge in [-0.25, -0.2) is 4.98 Å². The first-order valence-corrected chi connectivity index (χ1v) is 8.89. The third-order valence-corrected chi connectivity index (χ3v) is 4.87. The summed E-state index contributed by atoms with van der Waals surface area (Å²) in [4.78, 5) is 23.2. The van der Waals surface area contributed by atoms with Crippen LogP contribution in [0.4, 0.5) is 5.82 Å². The molecule has 9 nitrogen and oxygen atoms in total. The van der Waals surface area contributed by atoms with Crippen LogP contribution in [0.25, 0.3) is 11.3 Å². The summed E-state index contributed by atoms with van der Waals surface area (Å²) in [7, 11) is 1.86. The van der Waals surface area contributed by atoms with E-state index >= 15 is 0 Å². The molecule has 3 aromatic rings. The van der Waals surface area contributed by atoms with Crippen LogP contribution in [-0.2, 0) is 7.05 Å². The first kappa shape index (κ1) is 17.2. The van der Waals surface area contributed by atoms with Crippen LogP contribution in [0.3, 0.4) is 0 Å². The van der Waals surface area contributed by atoms with Crippen LogP contribution >= 0.6 is 0 Å². The molecule has 0 aromatic carbocycles. The topological polar surface area (TPSA) is 102 Å². The van der Waals surface area contributed by atoms with Gasteiger partial charge in [0, 0.05) is 50.3 Å². The van der Waals surface area contributed by atoms with Crippen LogP contribution in [0.5, 0.6) is 0 Å². The highest BCUT2D eigenvalue weighted by molar-refractivity contribution is 5.93. The van der Waals surface area contributed by atoms with Crippen molar-refractivity contribution in [1.29, 1.82) is 0 Å². The number of nitrogens with zero attached hydrogens (tertiary/aromatic N) is 6. The minimum absolute atomic E-state index is 0.0218. The smallest absolute Gasteiger partial charge is 0.273 e. The van der Waals surface area contributed by atoms with Gasteiger partial charge in [-0.05, 0) is 19.8 Å². The molecule has 1 atom stereocenters. The van der Waals surface area contributed by atoms with Crippen molar-refractivity contribution in [3.05, 3.63) is 42.2 Å². The van der Waals surface area contributed by atoms with E-state index in [2.05, 4.69) is 30.4 Å². The van der Waals surface area contributed by atoms with Gasteiger partial charge in [0.15, 0.2) is 11.5 Å². The minimum atomic E-state index is -0.238. The maximum Gasteiger partial charge on any atom is 0.273 e. The molecule has 4 heterocycles. The van der Waals surface area contributed by atoms with Gasteiger partial charge in [0.05, 0.1) is 18.0 Å². The van der Waals surface area contributed by atoms with Crippen molar-refractivity contribution in [2.24, 2.45) is 7.05 Å². The maximum absolute atomic E-state index is 12.6. The van der Waals surface area contributed by atoms with Gasteiger partial charge in [-0.1, -0.05) is 5.16 Å². The van der Waals surface area contributed by atoms with Crippen LogP contribution in [-0.4, -0.2) is 49.9 Å². The number of anilines is 1. The number of carbonyl (C=O) groups excluding carboxylic acids is 1. The minimum Gasteiger partial charge on any atom is -0.355 e. The highest BCUT2D eigenvalue weighted by Gasteiger charge is 2.24. The van der Waals surface area contributed by atoms with E-state index in [4.69, 9.17) is 4.52 Å². The molecule has 3 aromatic heterocycles. The molecule has 0 saturated carbocycles. The monoisotopic (exact) mass is 367 g/mol. The number of piperidine rings is 1. The summed E-state index contributed by atoms with van der Waals surface area (Å²) in [5.74, 6) is 1.13. The van der Waals surface area contributed by atoms with E-state index in [9.17, 15) is 4.79 Å². The summed E-state index contributed by atoms with van der Waals surface area (Å²) in [6.45, 7) is 3.53. The molecule has 4 rings (SSSR count). The summed E-state index contributed by atoms with van der Waals surface area (Å²) >= 11 is 0. The molecule has 1 aliphatic heterocycles. The number of amides is 1. The van der Waals surface area contributed by atoms with Crippen LogP contribution < -0.4 is 10.2 Å².